The second kappa shape index (κ2) is 8.64. The van der Waals surface area contributed by atoms with Gasteiger partial charge in [0.05, 0.1) is 11.3 Å². The minimum atomic E-state index is -0.0390. The largest absolute Gasteiger partial charge is 0.355 e. The van der Waals surface area contributed by atoms with E-state index in [1.165, 1.54) is 23.1 Å². The molecule has 0 unspecified atom stereocenters. The van der Waals surface area contributed by atoms with Crippen LogP contribution in [0, 0.1) is 0 Å². The topological polar surface area (TPSA) is 76.9 Å². The number of nitrogens with one attached hydrogen (secondary N) is 1. The van der Waals surface area contributed by atoms with E-state index in [-0.39, 0.29) is 17.2 Å². The summed E-state index contributed by atoms with van der Waals surface area (Å²) in [4.78, 5) is 34.9. The van der Waals surface area contributed by atoms with Crippen LogP contribution in [0.25, 0.3) is 20.4 Å². The Bertz CT molecular complexity index is 980. The van der Waals surface area contributed by atoms with Crippen LogP contribution in [0.1, 0.15) is 33.1 Å². The number of carbonyl (C=O) groups excluding carboxylic acids is 1. The van der Waals surface area contributed by atoms with Crippen molar-refractivity contribution in [2.45, 2.75) is 44.8 Å². The summed E-state index contributed by atoms with van der Waals surface area (Å²) in [6.07, 6.45) is 4.50. The summed E-state index contributed by atoms with van der Waals surface area (Å²) in [5.41, 5.74) is 0.648. The number of aromatic nitrogens is 3. The van der Waals surface area contributed by atoms with Crippen LogP contribution in [0.4, 0.5) is 0 Å². The number of thiophene rings is 1. The van der Waals surface area contributed by atoms with Gasteiger partial charge >= 0.3 is 0 Å². The molecule has 26 heavy (non-hydrogen) atoms. The van der Waals surface area contributed by atoms with Crippen molar-refractivity contribution >= 4 is 49.4 Å². The molecule has 0 aromatic carbocycles. The van der Waals surface area contributed by atoms with Crippen LogP contribution in [-0.4, -0.2) is 32.7 Å². The predicted octanol–water partition coefficient (Wildman–Crippen LogP) is 3.42. The Morgan fingerprint density at radius 2 is 2.19 bits per heavy atom. The highest BCUT2D eigenvalue weighted by molar-refractivity contribution is 7.99. The SMILES string of the molecule is CCCCn1c(SCC(=O)NCCC)nc2c(sc3ncccc32)c1=O. The van der Waals surface area contributed by atoms with Crippen LogP contribution in [0.2, 0.25) is 0 Å². The third-order valence-electron chi connectivity index (χ3n) is 3.96. The second-order valence-corrected chi connectivity index (χ2v) is 7.92. The molecule has 3 aromatic heterocycles. The van der Waals surface area contributed by atoms with E-state index >= 15 is 0 Å². The average molecular weight is 391 g/mol. The van der Waals surface area contributed by atoms with Crippen LogP contribution in [0.3, 0.4) is 0 Å². The van der Waals surface area contributed by atoms with E-state index in [1.54, 1.807) is 10.8 Å². The Kier molecular flexibility index (Phi) is 6.26. The molecule has 0 bridgehead atoms. The normalized spacial score (nSPS) is 11.3. The standard InChI is InChI=1S/C18H22N4O2S2/c1-3-5-10-22-17(24)15-14(12-7-6-9-20-16(12)26-15)21-18(22)25-11-13(23)19-8-4-2/h6-7,9H,3-5,8,10-11H2,1-2H3,(H,19,23). The van der Waals surface area contributed by atoms with Crippen molar-refractivity contribution in [1.82, 2.24) is 19.9 Å². The molecule has 1 amide bonds. The summed E-state index contributed by atoms with van der Waals surface area (Å²) in [6, 6.07) is 3.79. The molecule has 0 fully saturated rings. The molecule has 138 valence electrons. The van der Waals surface area contributed by atoms with Crippen LogP contribution < -0.4 is 10.9 Å². The number of nitrogens with zero attached hydrogens (tertiary/aromatic N) is 3. The lowest BCUT2D eigenvalue weighted by molar-refractivity contribution is -0.118. The van der Waals surface area contributed by atoms with Gasteiger partial charge in [-0.1, -0.05) is 32.0 Å². The number of carbonyl (C=O) groups is 1. The molecule has 0 aliphatic heterocycles. The van der Waals surface area contributed by atoms with Gasteiger partial charge in [0.15, 0.2) is 5.16 Å². The third kappa shape index (κ3) is 3.91. The highest BCUT2D eigenvalue weighted by Crippen LogP contribution is 2.30. The maximum Gasteiger partial charge on any atom is 0.272 e. The fourth-order valence-corrected chi connectivity index (χ4v) is 4.49. The first-order valence-corrected chi connectivity index (χ1v) is 10.6. The van der Waals surface area contributed by atoms with E-state index in [0.717, 1.165) is 29.5 Å². The fourth-order valence-electron chi connectivity index (χ4n) is 2.61. The van der Waals surface area contributed by atoms with Crippen molar-refractivity contribution in [3.05, 3.63) is 28.7 Å². The Labute approximate surface area is 160 Å². The molecule has 0 aliphatic carbocycles. The van der Waals surface area contributed by atoms with Gasteiger partial charge in [0.1, 0.15) is 9.53 Å². The quantitative estimate of drug-likeness (QED) is 0.471. The highest BCUT2D eigenvalue weighted by Gasteiger charge is 2.17. The van der Waals surface area contributed by atoms with Gasteiger partial charge in [-0.25, -0.2) is 9.97 Å². The first-order chi connectivity index (χ1) is 12.7. The van der Waals surface area contributed by atoms with Crippen molar-refractivity contribution in [3.8, 4) is 0 Å². The minimum Gasteiger partial charge on any atom is -0.355 e. The van der Waals surface area contributed by atoms with Crippen molar-refractivity contribution in [1.29, 1.82) is 0 Å². The van der Waals surface area contributed by atoms with Gasteiger partial charge in [0.2, 0.25) is 5.91 Å². The van der Waals surface area contributed by atoms with Crippen molar-refractivity contribution < 1.29 is 4.79 Å². The summed E-state index contributed by atoms with van der Waals surface area (Å²) in [6.45, 7) is 5.38. The molecule has 1 N–H and O–H groups in total. The van der Waals surface area contributed by atoms with Gasteiger partial charge < -0.3 is 5.32 Å². The number of hydrogen-bond donors (Lipinski definition) is 1. The van der Waals surface area contributed by atoms with E-state index < -0.39 is 0 Å². The smallest absolute Gasteiger partial charge is 0.272 e. The Hall–Kier alpha value is -1.93. The lowest BCUT2D eigenvalue weighted by Crippen LogP contribution is -2.27. The molecule has 3 aromatic rings. The maximum atomic E-state index is 13.0. The molecule has 6 nitrogen and oxygen atoms in total. The number of unbranched alkanes of at least 4 members (excludes halogenated alkanes) is 1. The number of thioether (sulfide) groups is 1. The number of pyridine rings is 1. The van der Waals surface area contributed by atoms with E-state index in [2.05, 4.69) is 17.2 Å². The van der Waals surface area contributed by atoms with Gasteiger partial charge in [-0.3, -0.25) is 14.2 Å². The van der Waals surface area contributed by atoms with E-state index in [9.17, 15) is 9.59 Å². The van der Waals surface area contributed by atoms with Crippen LogP contribution in [0.5, 0.6) is 0 Å². The van der Waals surface area contributed by atoms with E-state index in [4.69, 9.17) is 4.98 Å². The highest BCUT2D eigenvalue weighted by atomic mass is 32.2. The second-order valence-electron chi connectivity index (χ2n) is 5.98. The summed E-state index contributed by atoms with van der Waals surface area (Å²) < 4.78 is 2.34. The molecule has 0 aliphatic rings. The molecule has 0 spiro atoms. The van der Waals surface area contributed by atoms with Crippen LogP contribution in [-0.2, 0) is 11.3 Å². The average Bonchev–Trinajstić information content (AvgIpc) is 3.03. The molecule has 0 atom stereocenters. The minimum absolute atomic E-state index is 0.0370. The predicted molar refractivity (Wildman–Crippen MR) is 108 cm³/mol. The first-order valence-electron chi connectivity index (χ1n) is 8.83. The lowest BCUT2D eigenvalue weighted by Gasteiger charge is -2.11. The zero-order valence-electron chi connectivity index (χ0n) is 14.9. The monoisotopic (exact) mass is 390 g/mol. The zero-order valence-corrected chi connectivity index (χ0v) is 16.6. The number of hydrogen-bond acceptors (Lipinski definition) is 6. The van der Waals surface area contributed by atoms with Crippen LogP contribution in [0.15, 0.2) is 28.3 Å². The van der Waals surface area contributed by atoms with Gasteiger partial charge in [-0.15, -0.1) is 11.3 Å². The third-order valence-corrected chi connectivity index (χ3v) is 6.02. The molecule has 3 heterocycles. The van der Waals surface area contributed by atoms with E-state index in [1.807, 2.05) is 19.1 Å². The zero-order chi connectivity index (χ0) is 18.5. The van der Waals surface area contributed by atoms with Crippen LogP contribution >= 0.6 is 23.1 Å². The summed E-state index contributed by atoms with van der Waals surface area (Å²) in [5.74, 6) is 0.217. The number of fused-ring (bicyclic) bond motifs is 3. The van der Waals surface area contributed by atoms with Gasteiger partial charge in [0, 0.05) is 24.7 Å². The summed E-state index contributed by atoms with van der Waals surface area (Å²) in [5, 5.41) is 4.35. The maximum absolute atomic E-state index is 13.0. The fraction of sp³-hybridized carbons (Fsp3) is 0.444. The Balaban J connectivity index is 2.02. The number of rotatable bonds is 8. The Morgan fingerprint density at radius 1 is 1.35 bits per heavy atom. The van der Waals surface area contributed by atoms with E-state index in [0.29, 0.717) is 28.5 Å². The molecule has 0 saturated carbocycles. The van der Waals surface area contributed by atoms with Crippen molar-refractivity contribution in [2.75, 3.05) is 12.3 Å². The van der Waals surface area contributed by atoms with Gasteiger partial charge in [0.25, 0.3) is 5.56 Å². The number of amides is 1. The van der Waals surface area contributed by atoms with Crippen molar-refractivity contribution in [2.24, 2.45) is 0 Å². The summed E-state index contributed by atoms with van der Waals surface area (Å²) >= 11 is 2.71. The Morgan fingerprint density at radius 3 is 2.96 bits per heavy atom. The van der Waals surface area contributed by atoms with Gasteiger partial charge in [-0.2, -0.15) is 0 Å². The molecule has 0 radical (unpaired) electrons. The molecule has 8 heteroatoms. The van der Waals surface area contributed by atoms with Crippen molar-refractivity contribution in [3.63, 3.8) is 0 Å². The molecule has 3 rings (SSSR count). The lowest BCUT2D eigenvalue weighted by atomic mass is 10.3. The molecular weight excluding hydrogens is 368 g/mol. The molecule has 0 saturated heterocycles. The van der Waals surface area contributed by atoms with Gasteiger partial charge in [-0.05, 0) is 25.0 Å². The molecular formula is C18H22N4O2S2. The summed E-state index contributed by atoms with van der Waals surface area (Å²) in [7, 11) is 0. The first kappa shape index (κ1) is 18.8.